The number of aliphatic hydroxyl groups excluding tert-OH is 1. The van der Waals surface area contributed by atoms with Gasteiger partial charge in [0.2, 0.25) is 0 Å². The van der Waals surface area contributed by atoms with Crippen LogP contribution in [0.5, 0.6) is 0 Å². The molecule has 0 aromatic rings. The molecule has 0 spiro atoms. The van der Waals surface area contributed by atoms with Crippen molar-refractivity contribution in [2.45, 2.75) is 46.3 Å². The number of Topliss-reactive ketones (excluding diaryl/α,β-unsaturated/α-hetero) is 1. The minimum absolute atomic E-state index is 0.000833. The van der Waals surface area contributed by atoms with E-state index in [1.165, 1.54) is 0 Å². The maximum Gasteiger partial charge on any atom is 0.193 e. The van der Waals surface area contributed by atoms with Gasteiger partial charge in [0.1, 0.15) is 11.4 Å². The summed E-state index contributed by atoms with van der Waals surface area (Å²) in [6, 6.07) is 0. The topological polar surface area (TPSA) is 46.5 Å². The molecule has 1 heterocycles. The van der Waals surface area contributed by atoms with Gasteiger partial charge < -0.3 is 9.84 Å². The Balaban J connectivity index is 2.59. The zero-order valence-corrected chi connectivity index (χ0v) is 10.4. The molecule has 1 aliphatic carbocycles. The number of aliphatic hydroxyl groups is 1. The number of hydrogen-bond acceptors (Lipinski definition) is 3. The van der Waals surface area contributed by atoms with Crippen LogP contribution in [-0.2, 0) is 9.53 Å². The third kappa shape index (κ3) is 1.27. The molecule has 88 valence electrons. The second-order valence-electron chi connectivity index (χ2n) is 5.24. The number of hydrogen-bond donors (Lipinski definition) is 1. The zero-order valence-electron chi connectivity index (χ0n) is 10.4. The van der Waals surface area contributed by atoms with Crippen LogP contribution < -0.4 is 0 Å². The molecule has 3 nitrogen and oxygen atoms in total. The third-order valence-electron chi connectivity index (χ3n) is 3.77. The molecule has 16 heavy (non-hydrogen) atoms. The number of fused-ring (bicyclic) bond motifs is 1. The first kappa shape index (κ1) is 11.4. The molecule has 2 aliphatic rings. The average molecular weight is 222 g/mol. The van der Waals surface area contributed by atoms with E-state index >= 15 is 0 Å². The van der Waals surface area contributed by atoms with Crippen LogP contribution >= 0.6 is 0 Å². The summed E-state index contributed by atoms with van der Waals surface area (Å²) in [7, 11) is 0. The minimum atomic E-state index is -0.763. The highest BCUT2D eigenvalue weighted by Crippen LogP contribution is 2.43. The predicted molar refractivity (Wildman–Crippen MR) is 61.2 cm³/mol. The summed E-state index contributed by atoms with van der Waals surface area (Å²) >= 11 is 0. The average Bonchev–Trinajstić information content (AvgIpc) is 2.45. The summed E-state index contributed by atoms with van der Waals surface area (Å²) in [5.74, 6) is 0.318. The summed E-state index contributed by atoms with van der Waals surface area (Å²) in [5.41, 5.74) is 1.47. The molecule has 0 amide bonds. The van der Waals surface area contributed by atoms with Crippen molar-refractivity contribution in [1.82, 2.24) is 0 Å². The predicted octanol–water partition coefficient (Wildman–Crippen LogP) is 2.53. The first-order valence-corrected chi connectivity index (χ1v) is 5.61. The Bertz CT molecular complexity index is 426. The molecule has 0 saturated carbocycles. The van der Waals surface area contributed by atoms with Crippen molar-refractivity contribution in [1.29, 1.82) is 0 Å². The van der Waals surface area contributed by atoms with E-state index in [9.17, 15) is 9.90 Å². The Morgan fingerprint density at radius 3 is 2.44 bits per heavy atom. The highest BCUT2D eigenvalue weighted by atomic mass is 16.5. The fourth-order valence-electron chi connectivity index (χ4n) is 2.49. The molecule has 0 radical (unpaired) electrons. The Labute approximate surface area is 95.8 Å². The van der Waals surface area contributed by atoms with Gasteiger partial charge in [-0.1, -0.05) is 6.92 Å². The zero-order chi connectivity index (χ0) is 12.2. The van der Waals surface area contributed by atoms with Crippen molar-refractivity contribution >= 4 is 5.78 Å². The molecule has 1 saturated heterocycles. The van der Waals surface area contributed by atoms with Crippen LogP contribution in [0.1, 0.15) is 34.6 Å². The van der Waals surface area contributed by atoms with Gasteiger partial charge in [-0.25, -0.2) is 0 Å². The number of rotatable bonds is 0. The quantitative estimate of drug-likeness (QED) is 0.685. The summed E-state index contributed by atoms with van der Waals surface area (Å²) < 4.78 is 5.81. The fraction of sp³-hybridized carbons (Fsp3) is 0.615. The molecule has 1 fully saturated rings. The van der Waals surface area contributed by atoms with Gasteiger partial charge in [-0.15, -0.1) is 0 Å². The van der Waals surface area contributed by atoms with E-state index < -0.39 is 5.60 Å². The van der Waals surface area contributed by atoms with Crippen molar-refractivity contribution in [2.75, 3.05) is 0 Å². The second kappa shape index (κ2) is 3.20. The fourth-order valence-corrected chi connectivity index (χ4v) is 2.49. The van der Waals surface area contributed by atoms with Gasteiger partial charge in [0.25, 0.3) is 0 Å². The van der Waals surface area contributed by atoms with Gasteiger partial charge in [-0.2, -0.15) is 0 Å². The Kier molecular flexibility index (Phi) is 2.28. The lowest BCUT2D eigenvalue weighted by molar-refractivity contribution is -0.129. The van der Waals surface area contributed by atoms with E-state index in [-0.39, 0.29) is 23.6 Å². The molecule has 3 heteroatoms. The molecule has 1 N–H and O–H groups in total. The Morgan fingerprint density at radius 1 is 1.31 bits per heavy atom. The minimum Gasteiger partial charge on any atom is -0.508 e. The van der Waals surface area contributed by atoms with E-state index in [0.29, 0.717) is 11.1 Å². The van der Waals surface area contributed by atoms with Crippen LogP contribution in [0, 0.1) is 5.92 Å². The summed E-state index contributed by atoms with van der Waals surface area (Å²) in [6.45, 7) is 9.23. The lowest BCUT2D eigenvalue weighted by Gasteiger charge is -2.28. The van der Waals surface area contributed by atoms with Gasteiger partial charge in [-0.05, 0) is 33.3 Å². The molecule has 0 bridgehead atoms. The Hall–Kier alpha value is -1.09. The molecular weight excluding hydrogens is 204 g/mol. The lowest BCUT2D eigenvalue weighted by atomic mass is 9.80. The van der Waals surface area contributed by atoms with Crippen LogP contribution in [0.25, 0.3) is 0 Å². The first-order valence-electron chi connectivity index (χ1n) is 5.61. The van der Waals surface area contributed by atoms with E-state index in [2.05, 4.69) is 0 Å². The van der Waals surface area contributed by atoms with Gasteiger partial charge >= 0.3 is 0 Å². The highest BCUT2D eigenvalue weighted by Gasteiger charge is 2.50. The maximum absolute atomic E-state index is 12.2. The molecular formula is C13H18O3. The molecule has 2 atom stereocenters. The van der Waals surface area contributed by atoms with Crippen molar-refractivity contribution in [2.24, 2.45) is 5.92 Å². The summed E-state index contributed by atoms with van der Waals surface area (Å²) in [5, 5.41) is 9.97. The second-order valence-corrected chi connectivity index (χ2v) is 5.24. The van der Waals surface area contributed by atoms with E-state index in [4.69, 9.17) is 4.74 Å². The van der Waals surface area contributed by atoms with E-state index in [1.807, 2.05) is 13.8 Å². The number of allylic oxidation sites excluding steroid dienone is 1. The van der Waals surface area contributed by atoms with E-state index in [1.54, 1.807) is 20.8 Å². The number of ketones is 1. The normalized spacial score (nSPS) is 33.4. The largest absolute Gasteiger partial charge is 0.508 e. The monoisotopic (exact) mass is 222 g/mol. The van der Waals surface area contributed by atoms with Crippen LogP contribution in [0.4, 0.5) is 0 Å². The molecule has 0 aromatic carbocycles. The van der Waals surface area contributed by atoms with Crippen LogP contribution in [0.15, 0.2) is 22.5 Å². The molecule has 0 aromatic heterocycles. The standard InChI is InChI=1S/C13H18O3/c1-6-7(2)11-9(8(3)10(6)14)12(15)13(4,5)16-11/h7,11,14H,1-5H3/t7?,11-/m0/s1. The van der Waals surface area contributed by atoms with Gasteiger partial charge in [-0.3, -0.25) is 4.79 Å². The van der Waals surface area contributed by atoms with Crippen LogP contribution in [-0.4, -0.2) is 22.6 Å². The van der Waals surface area contributed by atoms with Gasteiger partial charge in [0.15, 0.2) is 5.78 Å². The van der Waals surface area contributed by atoms with Gasteiger partial charge in [0.05, 0.1) is 6.10 Å². The Morgan fingerprint density at radius 2 is 1.88 bits per heavy atom. The number of carbonyl (C=O) groups excluding carboxylic acids is 1. The third-order valence-corrected chi connectivity index (χ3v) is 3.77. The van der Waals surface area contributed by atoms with Crippen molar-refractivity contribution in [3.05, 3.63) is 22.5 Å². The molecule has 1 unspecified atom stereocenters. The first-order chi connectivity index (χ1) is 7.27. The maximum atomic E-state index is 12.2. The number of ether oxygens (including phenoxy) is 1. The van der Waals surface area contributed by atoms with E-state index in [0.717, 1.165) is 5.57 Å². The van der Waals surface area contributed by atoms with Crippen molar-refractivity contribution in [3.8, 4) is 0 Å². The highest BCUT2D eigenvalue weighted by molar-refractivity contribution is 6.05. The van der Waals surface area contributed by atoms with Crippen LogP contribution in [0.3, 0.4) is 0 Å². The summed E-state index contributed by atoms with van der Waals surface area (Å²) in [6.07, 6.45) is -0.196. The molecule has 2 rings (SSSR count). The summed E-state index contributed by atoms with van der Waals surface area (Å²) in [4.78, 5) is 12.2. The smallest absolute Gasteiger partial charge is 0.193 e. The van der Waals surface area contributed by atoms with Crippen molar-refractivity contribution < 1.29 is 14.6 Å². The van der Waals surface area contributed by atoms with Gasteiger partial charge in [0, 0.05) is 17.1 Å². The van der Waals surface area contributed by atoms with Crippen molar-refractivity contribution in [3.63, 3.8) is 0 Å². The SMILES string of the molecule is CC1=C2C(=O)C(C)(C)O[C@H]2C(C)C(C)=C1O. The molecule has 1 aliphatic heterocycles. The number of carbonyl (C=O) groups is 1. The van der Waals surface area contributed by atoms with Crippen LogP contribution in [0.2, 0.25) is 0 Å². The lowest BCUT2D eigenvalue weighted by Crippen LogP contribution is -2.28.